The van der Waals surface area contributed by atoms with Gasteiger partial charge in [-0.15, -0.1) is 0 Å². The Morgan fingerprint density at radius 2 is 1.82 bits per heavy atom. The van der Waals surface area contributed by atoms with Gasteiger partial charge < -0.3 is 10.6 Å². The molecule has 0 heterocycles. The lowest BCUT2D eigenvalue weighted by Gasteiger charge is -2.24. The van der Waals surface area contributed by atoms with Crippen molar-refractivity contribution in [1.29, 1.82) is 0 Å². The summed E-state index contributed by atoms with van der Waals surface area (Å²) < 4.78 is 0. The summed E-state index contributed by atoms with van der Waals surface area (Å²) in [4.78, 5) is 12.1. The van der Waals surface area contributed by atoms with Crippen LogP contribution in [-0.4, -0.2) is 12.6 Å². The Balaban J connectivity index is 2.21. The highest BCUT2D eigenvalue weighted by Gasteiger charge is 2.19. The largest absolute Gasteiger partial charge is 0.338 e. The molecular formula is C19H26N2O. The van der Waals surface area contributed by atoms with Gasteiger partial charge in [0.05, 0.1) is 6.04 Å². The normalized spacial score (nSPS) is 12.4. The first-order valence-electron chi connectivity index (χ1n) is 8.15. The second-order valence-electron chi connectivity index (χ2n) is 6.04. The minimum absolute atomic E-state index is 0.00715. The van der Waals surface area contributed by atoms with Gasteiger partial charge in [0.15, 0.2) is 0 Å². The third-order valence-electron chi connectivity index (χ3n) is 3.93. The van der Waals surface area contributed by atoms with Crippen molar-refractivity contribution in [2.75, 3.05) is 6.54 Å². The maximum Gasteiger partial charge on any atom is 0.315 e. The van der Waals surface area contributed by atoms with Crippen molar-refractivity contribution >= 4 is 16.8 Å². The summed E-state index contributed by atoms with van der Waals surface area (Å²) in [6.45, 7) is 7.12. The summed E-state index contributed by atoms with van der Waals surface area (Å²) in [6.07, 6.45) is 2.09. The van der Waals surface area contributed by atoms with Crippen molar-refractivity contribution in [2.24, 2.45) is 5.92 Å². The average Bonchev–Trinajstić information content (AvgIpc) is 2.52. The maximum atomic E-state index is 12.1. The lowest BCUT2D eigenvalue weighted by molar-refractivity contribution is 0.233. The molecule has 118 valence electrons. The second-order valence-corrected chi connectivity index (χ2v) is 6.04. The van der Waals surface area contributed by atoms with E-state index in [-0.39, 0.29) is 12.1 Å². The summed E-state index contributed by atoms with van der Waals surface area (Å²) in [6, 6.07) is 14.5. The Morgan fingerprint density at radius 3 is 2.55 bits per heavy atom. The zero-order valence-electron chi connectivity index (χ0n) is 13.7. The van der Waals surface area contributed by atoms with E-state index in [0.717, 1.165) is 19.4 Å². The van der Waals surface area contributed by atoms with Crippen molar-refractivity contribution in [3.8, 4) is 0 Å². The van der Waals surface area contributed by atoms with Crippen LogP contribution in [0.15, 0.2) is 42.5 Å². The molecule has 1 atom stereocenters. The highest BCUT2D eigenvalue weighted by atomic mass is 16.2. The van der Waals surface area contributed by atoms with Gasteiger partial charge in [0.1, 0.15) is 0 Å². The Kier molecular flexibility index (Phi) is 5.82. The van der Waals surface area contributed by atoms with E-state index in [2.05, 4.69) is 61.7 Å². The predicted octanol–water partition coefficient (Wildman–Crippen LogP) is 4.64. The third kappa shape index (κ3) is 4.00. The molecule has 2 rings (SSSR count). The van der Waals surface area contributed by atoms with Crippen LogP contribution in [0, 0.1) is 5.92 Å². The first kappa shape index (κ1) is 16.3. The molecule has 1 unspecified atom stereocenters. The van der Waals surface area contributed by atoms with Gasteiger partial charge >= 0.3 is 6.03 Å². The maximum absolute atomic E-state index is 12.1. The number of carbonyl (C=O) groups excluding carboxylic acids is 1. The molecule has 0 saturated heterocycles. The Labute approximate surface area is 133 Å². The van der Waals surface area contributed by atoms with Crippen LogP contribution in [0.3, 0.4) is 0 Å². The van der Waals surface area contributed by atoms with Crippen LogP contribution >= 0.6 is 0 Å². The molecule has 2 aromatic rings. The van der Waals surface area contributed by atoms with Crippen LogP contribution in [0.4, 0.5) is 4.79 Å². The fourth-order valence-corrected chi connectivity index (χ4v) is 2.70. The molecule has 0 fully saturated rings. The van der Waals surface area contributed by atoms with Crippen LogP contribution in [0.5, 0.6) is 0 Å². The van der Waals surface area contributed by atoms with Gasteiger partial charge in [-0.3, -0.25) is 0 Å². The Bertz CT molecular complexity index is 616. The van der Waals surface area contributed by atoms with Crippen LogP contribution < -0.4 is 10.6 Å². The third-order valence-corrected chi connectivity index (χ3v) is 3.93. The smallest absolute Gasteiger partial charge is 0.315 e. The first-order valence-corrected chi connectivity index (χ1v) is 8.15. The number of unbranched alkanes of at least 4 members (excludes halogenated alkanes) is 1. The van der Waals surface area contributed by atoms with Gasteiger partial charge in [0, 0.05) is 6.54 Å². The summed E-state index contributed by atoms with van der Waals surface area (Å²) in [5, 5.41) is 8.48. The van der Waals surface area contributed by atoms with Crippen molar-refractivity contribution < 1.29 is 4.79 Å². The zero-order chi connectivity index (χ0) is 15.9. The highest BCUT2D eigenvalue weighted by Crippen LogP contribution is 2.28. The second kappa shape index (κ2) is 7.83. The van der Waals surface area contributed by atoms with E-state index in [4.69, 9.17) is 0 Å². The van der Waals surface area contributed by atoms with Crippen molar-refractivity contribution in [3.05, 3.63) is 48.0 Å². The van der Waals surface area contributed by atoms with E-state index in [1.54, 1.807) is 0 Å². The number of hydrogen-bond acceptors (Lipinski definition) is 1. The number of carbonyl (C=O) groups is 1. The predicted molar refractivity (Wildman–Crippen MR) is 93.0 cm³/mol. The lowest BCUT2D eigenvalue weighted by atomic mass is 9.92. The molecule has 2 N–H and O–H groups in total. The van der Waals surface area contributed by atoms with Gasteiger partial charge in [-0.05, 0) is 28.7 Å². The molecular weight excluding hydrogens is 272 g/mol. The minimum atomic E-state index is -0.0833. The molecule has 0 aliphatic heterocycles. The molecule has 0 aliphatic rings. The molecule has 0 spiro atoms. The van der Waals surface area contributed by atoms with Gasteiger partial charge in [-0.1, -0.05) is 69.7 Å². The van der Waals surface area contributed by atoms with Crippen molar-refractivity contribution in [1.82, 2.24) is 10.6 Å². The zero-order valence-corrected chi connectivity index (χ0v) is 13.7. The van der Waals surface area contributed by atoms with Gasteiger partial charge in [0.2, 0.25) is 0 Å². The number of urea groups is 1. The molecule has 0 aromatic heterocycles. The fraction of sp³-hybridized carbons (Fsp3) is 0.421. The van der Waals surface area contributed by atoms with E-state index < -0.39 is 0 Å². The number of nitrogens with one attached hydrogen (secondary N) is 2. The average molecular weight is 298 g/mol. The molecule has 3 heteroatoms. The highest BCUT2D eigenvalue weighted by molar-refractivity contribution is 5.86. The quantitative estimate of drug-likeness (QED) is 0.750. The van der Waals surface area contributed by atoms with Crippen LogP contribution in [0.2, 0.25) is 0 Å². The topological polar surface area (TPSA) is 41.1 Å². The fourth-order valence-electron chi connectivity index (χ4n) is 2.70. The van der Waals surface area contributed by atoms with Gasteiger partial charge in [-0.2, -0.15) is 0 Å². The number of hydrogen-bond donors (Lipinski definition) is 2. The number of rotatable bonds is 6. The first-order chi connectivity index (χ1) is 10.6. The molecule has 2 aromatic carbocycles. The monoisotopic (exact) mass is 298 g/mol. The molecule has 22 heavy (non-hydrogen) atoms. The molecule has 0 radical (unpaired) electrons. The van der Waals surface area contributed by atoms with E-state index in [1.165, 1.54) is 16.3 Å². The van der Waals surface area contributed by atoms with Crippen LogP contribution in [0.1, 0.15) is 45.2 Å². The summed E-state index contributed by atoms with van der Waals surface area (Å²) in [5.41, 5.74) is 1.18. The Morgan fingerprint density at radius 1 is 1.09 bits per heavy atom. The number of amides is 2. The van der Waals surface area contributed by atoms with Crippen molar-refractivity contribution in [3.63, 3.8) is 0 Å². The molecule has 3 nitrogen and oxygen atoms in total. The van der Waals surface area contributed by atoms with Crippen LogP contribution in [-0.2, 0) is 0 Å². The minimum Gasteiger partial charge on any atom is -0.338 e. The van der Waals surface area contributed by atoms with Gasteiger partial charge in [0.25, 0.3) is 0 Å². The number of benzene rings is 2. The van der Waals surface area contributed by atoms with Crippen LogP contribution in [0.25, 0.3) is 10.8 Å². The molecule has 0 aliphatic carbocycles. The summed E-state index contributed by atoms with van der Waals surface area (Å²) >= 11 is 0. The molecule has 2 amide bonds. The Hall–Kier alpha value is -2.03. The van der Waals surface area contributed by atoms with E-state index in [1.807, 2.05) is 12.1 Å². The van der Waals surface area contributed by atoms with Gasteiger partial charge in [-0.25, -0.2) is 4.79 Å². The molecule has 0 bridgehead atoms. The summed E-state index contributed by atoms with van der Waals surface area (Å²) in [7, 11) is 0. The van der Waals surface area contributed by atoms with E-state index in [0.29, 0.717) is 5.92 Å². The van der Waals surface area contributed by atoms with E-state index >= 15 is 0 Å². The summed E-state index contributed by atoms with van der Waals surface area (Å²) in [5.74, 6) is 0.322. The number of fused-ring (bicyclic) bond motifs is 1. The standard InChI is InChI=1S/C19H26N2O/c1-4-5-13-20-19(22)21-18(14(2)3)17-12-8-10-15-9-6-7-11-16(15)17/h6-12,14,18H,4-5,13H2,1-3H3,(H2,20,21,22). The van der Waals surface area contributed by atoms with Crippen molar-refractivity contribution in [2.45, 2.75) is 39.7 Å². The van der Waals surface area contributed by atoms with E-state index in [9.17, 15) is 4.79 Å². The SMILES string of the molecule is CCCCNC(=O)NC(c1cccc2ccccc12)C(C)C. The lowest BCUT2D eigenvalue weighted by Crippen LogP contribution is -2.40. The molecule has 0 saturated carbocycles.